The summed E-state index contributed by atoms with van der Waals surface area (Å²) in [6.45, 7) is 6.42. The van der Waals surface area contributed by atoms with Crippen molar-refractivity contribution in [2.45, 2.75) is 64.4 Å². The number of allylic oxidation sites excluding steroid dienone is 2. The summed E-state index contributed by atoms with van der Waals surface area (Å²) in [6, 6.07) is 0. The van der Waals surface area contributed by atoms with Gasteiger partial charge in [0.1, 0.15) is 0 Å². The van der Waals surface area contributed by atoms with Gasteiger partial charge in [0, 0.05) is 6.54 Å². The summed E-state index contributed by atoms with van der Waals surface area (Å²) in [4.78, 5) is 0. The molecule has 1 saturated carbocycles. The first kappa shape index (κ1) is 14.1. The third-order valence-corrected chi connectivity index (χ3v) is 4.56. The van der Waals surface area contributed by atoms with Crippen LogP contribution in [0.2, 0.25) is 0 Å². The molecule has 0 aliphatic heterocycles. The van der Waals surface area contributed by atoms with Crippen LogP contribution in [-0.2, 0) is 0 Å². The number of nitrogens with one attached hydrogen (secondary N) is 1. The van der Waals surface area contributed by atoms with Crippen LogP contribution in [0.4, 0.5) is 0 Å². The predicted molar refractivity (Wildman–Crippen MR) is 76.5 cm³/mol. The molecule has 0 heterocycles. The molecule has 0 amide bonds. The van der Waals surface area contributed by atoms with E-state index in [1.54, 1.807) is 0 Å². The van der Waals surface area contributed by atoms with E-state index in [0.29, 0.717) is 0 Å². The summed E-state index contributed by atoms with van der Waals surface area (Å²) in [6.07, 6.45) is 10.6. The molecule has 2 aliphatic carbocycles. The van der Waals surface area contributed by atoms with Crippen LogP contribution < -0.4 is 5.32 Å². The molecule has 1 fully saturated rings. The number of rotatable bonds is 4. The van der Waals surface area contributed by atoms with Gasteiger partial charge in [-0.3, -0.25) is 0 Å². The summed E-state index contributed by atoms with van der Waals surface area (Å²) < 4.78 is 0. The van der Waals surface area contributed by atoms with Gasteiger partial charge in [0.2, 0.25) is 0 Å². The lowest BCUT2D eigenvalue weighted by Gasteiger charge is -2.33. The molecule has 0 aromatic carbocycles. The molecular weight excluding hydrogens is 222 g/mol. The van der Waals surface area contributed by atoms with Crippen molar-refractivity contribution in [2.75, 3.05) is 13.1 Å². The number of aliphatic hydroxyl groups is 1. The number of hydrogen-bond acceptors (Lipinski definition) is 2. The minimum atomic E-state index is -0.413. The zero-order valence-corrected chi connectivity index (χ0v) is 12.0. The van der Waals surface area contributed by atoms with Crippen molar-refractivity contribution >= 4 is 0 Å². The highest BCUT2D eigenvalue weighted by Crippen LogP contribution is 2.29. The van der Waals surface area contributed by atoms with Crippen LogP contribution in [0.1, 0.15) is 58.8 Å². The van der Waals surface area contributed by atoms with E-state index in [1.165, 1.54) is 37.7 Å². The maximum absolute atomic E-state index is 10.4. The average Bonchev–Trinajstić information content (AvgIpc) is 2.28. The second-order valence-corrected chi connectivity index (χ2v) is 6.71. The largest absolute Gasteiger partial charge is 0.389 e. The molecule has 2 rings (SSSR count). The molecule has 2 N–H and O–H groups in total. The van der Waals surface area contributed by atoms with Gasteiger partial charge < -0.3 is 10.4 Å². The first-order chi connectivity index (χ1) is 8.57. The molecule has 2 atom stereocenters. The fourth-order valence-electron chi connectivity index (χ4n) is 3.74. The molecule has 2 nitrogen and oxygen atoms in total. The Morgan fingerprint density at radius 3 is 2.72 bits per heavy atom. The maximum atomic E-state index is 10.4. The Morgan fingerprint density at radius 1 is 1.33 bits per heavy atom. The van der Waals surface area contributed by atoms with E-state index in [9.17, 15) is 5.11 Å². The van der Waals surface area contributed by atoms with Crippen LogP contribution in [0.5, 0.6) is 0 Å². The Labute approximate surface area is 112 Å². The van der Waals surface area contributed by atoms with Gasteiger partial charge in [-0.1, -0.05) is 37.8 Å². The Balaban J connectivity index is 1.70. The van der Waals surface area contributed by atoms with Crippen molar-refractivity contribution in [1.82, 2.24) is 5.32 Å². The first-order valence-corrected chi connectivity index (χ1v) is 7.68. The summed E-state index contributed by atoms with van der Waals surface area (Å²) in [5.74, 6) is 1.49. The molecule has 18 heavy (non-hydrogen) atoms. The first-order valence-electron chi connectivity index (χ1n) is 7.68. The lowest BCUT2D eigenvalue weighted by molar-refractivity contribution is 0.00417. The second-order valence-electron chi connectivity index (χ2n) is 6.71. The van der Waals surface area contributed by atoms with Gasteiger partial charge in [-0.2, -0.15) is 0 Å². The van der Waals surface area contributed by atoms with E-state index in [0.717, 1.165) is 37.8 Å². The van der Waals surface area contributed by atoms with Crippen molar-refractivity contribution in [3.63, 3.8) is 0 Å². The minimum Gasteiger partial charge on any atom is -0.389 e. The fourth-order valence-corrected chi connectivity index (χ4v) is 3.74. The SMILES string of the molecule is CC1=CC(C)CC(CNCC2(O)CCCCC2)C1. The molecule has 0 radical (unpaired) electrons. The van der Waals surface area contributed by atoms with Gasteiger partial charge >= 0.3 is 0 Å². The predicted octanol–water partition coefficient (Wildman–Crippen LogP) is 3.26. The van der Waals surface area contributed by atoms with Gasteiger partial charge in [-0.15, -0.1) is 0 Å². The normalized spacial score (nSPS) is 32.1. The summed E-state index contributed by atoms with van der Waals surface area (Å²) in [5, 5.41) is 14.0. The fraction of sp³-hybridized carbons (Fsp3) is 0.875. The van der Waals surface area contributed by atoms with E-state index < -0.39 is 5.60 Å². The average molecular weight is 251 g/mol. The zero-order valence-electron chi connectivity index (χ0n) is 12.0. The van der Waals surface area contributed by atoms with Crippen molar-refractivity contribution in [1.29, 1.82) is 0 Å². The molecule has 0 bridgehead atoms. The smallest absolute Gasteiger partial charge is 0.0771 e. The van der Waals surface area contributed by atoms with Crippen LogP contribution in [0.25, 0.3) is 0 Å². The third kappa shape index (κ3) is 4.10. The molecule has 0 spiro atoms. The lowest BCUT2D eigenvalue weighted by atomic mass is 9.82. The summed E-state index contributed by atoms with van der Waals surface area (Å²) in [5.41, 5.74) is 1.13. The highest BCUT2D eigenvalue weighted by atomic mass is 16.3. The Kier molecular flexibility index (Phi) is 4.85. The van der Waals surface area contributed by atoms with Crippen molar-refractivity contribution < 1.29 is 5.11 Å². The van der Waals surface area contributed by atoms with Gasteiger partial charge in [-0.25, -0.2) is 0 Å². The highest BCUT2D eigenvalue weighted by Gasteiger charge is 2.29. The van der Waals surface area contributed by atoms with E-state index in [4.69, 9.17) is 0 Å². The van der Waals surface area contributed by atoms with Crippen LogP contribution in [0.3, 0.4) is 0 Å². The van der Waals surface area contributed by atoms with Crippen molar-refractivity contribution in [3.8, 4) is 0 Å². The van der Waals surface area contributed by atoms with Crippen molar-refractivity contribution in [3.05, 3.63) is 11.6 Å². The molecule has 104 valence electrons. The second kappa shape index (κ2) is 6.21. The Hall–Kier alpha value is -0.340. The Morgan fingerprint density at radius 2 is 2.06 bits per heavy atom. The van der Waals surface area contributed by atoms with Crippen LogP contribution in [0, 0.1) is 11.8 Å². The van der Waals surface area contributed by atoms with E-state index in [1.807, 2.05) is 0 Å². The number of hydrogen-bond donors (Lipinski definition) is 2. The Bertz CT molecular complexity index is 291. The zero-order chi connectivity index (χ0) is 13.0. The monoisotopic (exact) mass is 251 g/mol. The standard InChI is InChI=1S/C16H29NO/c1-13-8-14(2)10-15(9-13)11-17-12-16(18)6-4-3-5-7-16/h8,13,15,17-18H,3-7,9-12H2,1-2H3. The molecule has 0 aromatic heterocycles. The van der Waals surface area contributed by atoms with Crippen LogP contribution in [0.15, 0.2) is 11.6 Å². The van der Waals surface area contributed by atoms with Gasteiger partial charge in [0.25, 0.3) is 0 Å². The van der Waals surface area contributed by atoms with E-state index in [-0.39, 0.29) is 0 Å². The van der Waals surface area contributed by atoms with Gasteiger partial charge in [0.05, 0.1) is 5.60 Å². The molecule has 2 heteroatoms. The van der Waals surface area contributed by atoms with Crippen molar-refractivity contribution in [2.24, 2.45) is 11.8 Å². The third-order valence-electron chi connectivity index (χ3n) is 4.56. The maximum Gasteiger partial charge on any atom is 0.0771 e. The summed E-state index contributed by atoms with van der Waals surface area (Å²) >= 11 is 0. The molecular formula is C16H29NO. The molecule has 2 unspecified atom stereocenters. The highest BCUT2D eigenvalue weighted by molar-refractivity contribution is 5.06. The van der Waals surface area contributed by atoms with Crippen LogP contribution >= 0.6 is 0 Å². The lowest BCUT2D eigenvalue weighted by Crippen LogP contribution is -2.43. The van der Waals surface area contributed by atoms with Crippen LogP contribution in [-0.4, -0.2) is 23.8 Å². The van der Waals surface area contributed by atoms with E-state index >= 15 is 0 Å². The molecule has 0 saturated heterocycles. The van der Waals surface area contributed by atoms with E-state index in [2.05, 4.69) is 25.2 Å². The molecule has 0 aromatic rings. The van der Waals surface area contributed by atoms with Gasteiger partial charge in [-0.05, 0) is 51.0 Å². The van der Waals surface area contributed by atoms with Gasteiger partial charge in [0.15, 0.2) is 0 Å². The minimum absolute atomic E-state index is 0.413. The topological polar surface area (TPSA) is 32.3 Å². The quantitative estimate of drug-likeness (QED) is 0.752. The summed E-state index contributed by atoms with van der Waals surface area (Å²) in [7, 11) is 0. The molecule has 2 aliphatic rings.